The van der Waals surface area contributed by atoms with Gasteiger partial charge in [0.25, 0.3) is 0 Å². The summed E-state index contributed by atoms with van der Waals surface area (Å²) < 4.78 is 18.1. The summed E-state index contributed by atoms with van der Waals surface area (Å²) in [7, 11) is 1.62. The van der Waals surface area contributed by atoms with Crippen molar-refractivity contribution < 1.29 is 19.3 Å². The summed E-state index contributed by atoms with van der Waals surface area (Å²) in [5.74, 6) is 1.82. The average molecular weight is 605 g/mol. The van der Waals surface area contributed by atoms with Crippen molar-refractivity contribution in [1.29, 1.82) is 5.26 Å². The minimum Gasteiger partial charge on any atom is -0.497 e. The van der Waals surface area contributed by atoms with Crippen LogP contribution in [0, 0.1) is 11.3 Å². The molecule has 3 aromatic carbocycles. The normalized spacial score (nSPS) is 14.6. The summed E-state index contributed by atoms with van der Waals surface area (Å²) in [5, 5.41) is 23.1. The molecule has 0 aliphatic heterocycles. The first-order valence-electron chi connectivity index (χ1n) is 13.7. The third kappa shape index (κ3) is 6.64. The predicted octanol–water partition coefficient (Wildman–Crippen LogP) is 7.05. The van der Waals surface area contributed by atoms with Crippen molar-refractivity contribution in [2.75, 3.05) is 13.7 Å². The fraction of sp³-hybridized carbons (Fsp3) is 0.273. The first kappa shape index (κ1) is 29.7. The minimum atomic E-state index is -0.197. The highest BCUT2D eigenvalue weighted by Gasteiger charge is 2.28. The second-order valence-corrected chi connectivity index (χ2v) is 11.0. The number of ether oxygens (including phenoxy) is 3. The van der Waals surface area contributed by atoms with Crippen LogP contribution >= 0.6 is 23.2 Å². The van der Waals surface area contributed by atoms with Crippen molar-refractivity contribution in [3.8, 4) is 34.4 Å². The second kappa shape index (κ2) is 13.5. The Balaban J connectivity index is 1.42. The molecule has 0 bridgehead atoms. The summed E-state index contributed by atoms with van der Waals surface area (Å²) >= 11 is 13.4. The van der Waals surface area contributed by atoms with Crippen LogP contribution in [0.15, 0.2) is 67.0 Å². The fourth-order valence-corrected chi connectivity index (χ4v) is 5.56. The first-order valence-corrected chi connectivity index (χ1v) is 14.4. The lowest BCUT2D eigenvalue weighted by molar-refractivity contribution is 0.205. The summed E-state index contributed by atoms with van der Waals surface area (Å²) in [6, 6.07) is 19.3. The van der Waals surface area contributed by atoms with Gasteiger partial charge in [-0.15, -0.1) is 0 Å². The average Bonchev–Trinajstić information content (AvgIpc) is 3.43. The van der Waals surface area contributed by atoms with Gasteiger partial charge in [0.1, 0.15) is 36.0 Å². The topological polar surface area (TPSA) is 96.6 Å². The molecule has 9 heteroatoms. The molecule has 42 heavy (non-hydrogen) atoms. The lowest BCUT2D eigenvalue weighted by Crippen LogP contribution is -2.28. The third-order valence-electron chi connectivity index (χ3n) is 7.30. The maximum atomic E-state index is 9.47. The van der Waals surface area contributed by atoms with Crippen LogP contribution in [-0.4, -0.2) is 29.8 Å². The number of hydrogen-bond donors (Lipinski definition) is 2. The van der Waals surface area contributed by atoms with Gasteiger partial charge in [0.2, 0.25) is 0 Å². The SMILES string of the molecule is COc1ccc(-c2cccc3c2CC[C@@H]3Oc2cc(OCc3cncc(C#N)c3)c(CN[C@H](C)CO)cc2Cl)c(Cl)c1. The van der Waals surface area contributed by atoms with Gasteiger partial charge in [0.05, 0.1) is 29.3 Å². The zero-order valence-electron chi connectivity index (χ0n) is 23.4. The first-order chi connectivity index (χ1) is 20.4. The van der Waals surface area contributed by atoms with Gasteiger partial charge >= 0.3 is 0 Å². The quantitative estimate of drug-likeness (QED) is 0.189. The number of nitriles is 1. The molecule has 0 fully saturated rings. The second-order valence-electron chi connectivity index (χ2n) is 10.2. The van der Waals surface area contributed by atoms with Crippen molar-refractivity contribution >= 4 is 23.2 Å². The van der Waals surface area contributed by atoms with Crippen molar-refractivity contribution in [1.82, 2.24) is 10.3 Å². The summed E-state index contributed by atoms with van der Waals surface area (Å²) in [6.45, 7) is 2.54. The Morgan fingerprint density at radius 3 is 2.69 bits per heavy atom. The molecule has 7 nitrogen and oxygen atoms in total. The number of aliphatic hydroxyl groups is 1. The Hall–Kier alpha value is -3.80. The number of fused-ring (bicyclic) bond motifs is 1. The number of halogens is 2. The molecule has 4 aromatic rings. The molecule has 5 rings (SSSR count). The van der Waals surface area contributed by atoms with E-state index in [1.807, 2.05) is 43.3 Å². The molecule has 1 aliphatic carbocycles. The van der Waals surface area contributed by atoms with Gasteiger partial charge in [-0.25, -0.2) is 0 Å². The van der Waals surface area contributed by atoms with Crippen molar-refractivity contribution in [3.05, 3.63) is 105 Å². The van der Waals surface area contributed by atoms with Gasteiger partial charge in [-0.05, 0) is 66.8 Å². The van der Waals surface area contributed by atoms with Crippen LogP contribution in [0.4, 0.5) is 0 Å². The molecule has 0 unspecified atom stereocenters. The number of nitrogens with one attached hydrogen (secondary N) is 1. The molecular formula is C33H31Cl2N3O4. The van der Waals surface area contributed by atoms with Crippen LogP contribution in [-0.2, 0) is 19.6 Å². The minimum absolute atomic E-state index is 0.00253. The van der Waals surface area contributed by atoms with Crippen LogP contribution in [0.5, 0.6) is 17.2 Å². The van der Waals surface area contributed by atoms with Gasteiger partial charge in [-0.1, -0.05) is 41.4 Å². The Morgan fingerprint density at radius 1 is 1.07 bits per heavy atom. The van der Waals surface area contributed by atoms with E-state index in [0.29, 0.717) is 39.4 Å². The molecule has 2 N–H and O–H groups in total. The number of hydrogen-bond acceptors (Lipinski definition) is 7. The molecule has 0 amide bonds. The number of benzene rings is 3. The van der Waals surface area contributed by atoms with E-state index in [1.165, 1.54) is 11.8 Å². The lowest BCUT2D eigenvalue weighted by atomic mass is 9.96. The molecule has 0 saturated carbocycles. The number of aliphatic hydroxyl groups excluding tert-OH is 1. The predicted molar refractivity (Wildman–Crippen MR) is 163 cm³/mol. The Kier molecular flexibility index (Phi) is 9.51. The molecule has 0 spiro atoms. The molecule has 1 aromatic heterocycles. The van der Waals surface area contributed by atoms with Crippen LogP contribution in [0.1, 0.15) is 47.3 Å². The zero-order valence-corrected chi connectivity index (χ0v) is 24.9. The van der Waals surface area contributed by atoms with E-state index in [-0.39, 0.29) is 25.4 Å². The Labute approximate surface area is 255 Å². The highest BCUT2D eigenvalue weighted by Crippen LogP contribution is 2.44. The number of methoxy groups -OCH3 is 1. The molecule has 0 radical (unpaired) electrons. The van der Waals surface area contributed by atoms with E-state index in [0.717, 1.165) is 40.7 Å². The zero-order chi connectivity index (χ0) is 29.6. The van der Waals surface area contributed by atoms with Crippen LogP contribution < -0.4 is 19.5 Å². The molecule has 216 valence electrons. The Morgan fingerprint density at radius 2 is 1.93 bits per heavy atom. The molecule has 1 aliphatic rings. The summed E-state index contributed by atoms with van der Waals surface area (Å²) in [5.41, 5.74) is 6.38. The highest BCUT2D eigenvalue weighted by atomic mass is 35.5. The van der Waals surface area contributed by atoms with E-state index in [1.54, 1.807) is 19.4 Å². The van der Waals surface area contributed by atoms with Crippen molar-refractivity contribution in [2.45, 2.75) is 45.1 Å². The largest absolute Gasteiger partial charge is 0.497 e. The van der Waals surface area contributed by atoms with Crippen molar-refractivity contribution in [3.63, 3.8) is 0 Å². The van der Waals surface area contributed by atoms with Gasteiger partial charge in [-0.2, -0.15) is 5.26 Å². The summed E-state index contributed by atoms with van der Waals surface area (Å²) in [6.07, 6.45) is 4.61. The molecule has 2 atom stereocenters. The van der Waals surface area contributed by atoms with E-state index >= 15 is 0 Å². The van der Waals surface area contributed by atoms with E-state index in [4.69, 9.17) is 37.4 Å². The third-order valence-corrected chi connectivity index (χ3v) is 7.91. The maximum Gasteiger partial charge on any atom is 0.142 e. The number of pyridine rings is 1. The molecule has 1 heterocycles. The number of nitrogens with zero attached hydrogens (tertiary/aromatic N) is 2. The molecule has 0 saturated heterocycles. The number of rotatable bonds is 11. The standard InChI is InChI=1S/C33H31Cl2N3O4/c1-20(18-39)38-17-23-11-30(35)33(13-32(23)41-19-22-10-21(14-36)15-37-16-22)42-31-9-8-26-25(4-3-5-28(26)31)27-7-6-24(40-2)12-29(27)34/h3-7,10-13,15-16,20,31,38-39H,8-9,17-19H2,1-2H3/t20-,31+/m1/s1. The smallest absolute Gasteiger partial charge is 0.142 e. The maximum absolute atomic E-state index is 9.47. The van der Waals surface area contributed by atoms with Crippen LogP contribution in [0.2, 0.25) is 10.0 Å². The molecular weight excluding hydrogens is 573 g/mol. The summed E-state index contributed by atoms with van der Waals surface area (Å²) in [4.78, 5) is 4.12. The van der Waals surface area contributed by atoms with Gasteiger partial charge in [0.15, 0.2) is 0 Å². The van der Waals surface area contributed by atoms with Gasteiger partial charge in [0, 0.05) is 47.7 Å². The lowest BCUT2D eigenvalue weighted by Gasteiger charge is -2.20. The monoisotopic (exact) mass is 603 g/mol. The number of aromatic nitrogens is 1. The van der Waals surface area contributed by atoms with Crippen molar-refractivity contribution in [2.24, 2.45) is 0 Å². The Bertz CT molecular complexity index is 1620. The fourth-order valence-electron chi connectivity index (χ4n) is 5.06. The van der Waals surface area contributed by atoms with Crippen LogP contribution in [0.3, 0.4) is 0 Å². The van der Waals surface area contributed by atoms with Gasteiger partial charge in [-0.3, -0.25) is 4.98 Å². The highest BCUT2D eigenvalue weighted by molar-refractivity contribution is 6.33. The van der Waals surface area contributed by atoms with E-state index < -0.39 is 0 Å². The van der Waals surface area contributed by atoms with E-state index in [2.05, 4.69) is 28.5 Å². The van der Waals surface area contributed by atoms with E-state index in [9.17, 15) is 10.4 Å². The van der Waals surface area contributed by atoms with Crippen LogP contribution in [0.25, 0.3) is 11.1 Å². The van der Waals surface area contributed by atoms with Gasteiger partial charge < -0.3 is 24.6 Å².